The van der Waals surface area contributed by atoms with E-state index in [1.807, 2.05) is 26.0 Å². The highest BCUT2D eigenvalue weighted by atomic mass is 16.5. The van der Waals surface area contributed by atoms with Crippen molar-refractivity contribution in [3.63, 3.8) is 0 Å². The van der Waals surface area contributed by atoms with E-state index in [9.17, 15) is 4.79 Å². The zero-order valence-corrected chi connectivity index (χ0v) is 9.90. The number of ether oxygens (including phenoxy) is 2. The molecule has 0 unspecified atom stereocenters. The number of isocyanates is 1. The summed E-state index contributed by atoms with van der Waals surface area (Å²) in [4.78, 5) is 14.2. The minimum absolute atomic E-state index is 0.592. The molecule has 4 nitrogen and oxygen atoms in total. The second kappa shape index (κ2) is 4.81. The maximum atomic E-state index is 10.4. The highest BCUT2D eigenvalue weighted by Crippen LogP contribution is 2.38. The number of hydrogen-bond acceptors (Lipinski definition) is 4. The summed E-state index contributed by atoms with van der Waals surface area (Å²) >= 11 is 0. The number of methoxy groups -OCH3 is 2. The van der Waals surface area contributed by atoms with Crippen LogP contribution in [0.25, 0.3) is 0 Å². The van der Waals surface area contributed by atoms with Gasteiger partial charge in [0.2, 0.25) is 6.08 Å². The standard InChI is InChI=1S/C12H15NO3/c1-12(2,13-8-14)9-6-5-7-10(15-3)11(9)16-4/h5-7H,1-4H3. The molecule has 0 fully saturated rings. The summed E-state index contributed by atoms with van der Waals surface area (Å²) in [6.45, 7) is 3.63. The van der Waals surface area contributed by atoms with Crippen molar-refractivity contribution in [2.24, 2.45) is 4.99 Å². The zero-order chi connectivity index (χ0) is 12.2. The maximum Gasteiger partial charge on any atom is 0.235 e. The van der Waals surface area contributed by atoms with E-state index < -0.39 is 5.54 Å². The van der Waals surface area contributed by atoms with Gasteiger partial charge < -0.3 is 9.47 Å². The first-order valence-electron chi connectivity index (χ1n) is 4.87. The third-order valence-corrected chi connectivity index (χ3v) is 2.39. The van der Waals surface area contributed by atoms with Crippen LogP contribution in [0.5, 0.6) is 11.5 Å². The molecule has 4 heteroatoms. The van der Waals surface area contributed by atoms with Crippen LogP contribution < -0.4 is 9.47 Å². The Morgan fingerprint density at radius 1 is 1.25 bits per heavy atom. The number of aliphatic imine (C=N–C) groups is 1. The summed E-state index contributed by atoms with van der Waals surface area (Å²) in [7, 11) is 3.12. The summed E-state index contributed by atoms with van der Waals surface area (Å²) in [6.07, 6.45) is 1.57. The van der Waals surface area contributed by atoms with Gasteiger partial charge in [-0.15, -0.1) is 0 Å². The molecule has 0 saturated heterocycles. The largest absolute Gasteiger partial charge is 0.493 e. The minimum Gasteiger partial charge on any atom is -0.493 e. The Morgan fingerprint density at radius 2 is 1.94 bits per heavy atom. The van der Waals surface area contributed by atoms with Crippen LogP contribution in [0, 0.1) is 0 Å². The van der Waals surface area contributed by atoms with Gasteiger partial charge in [-0.1, -0.05) is 12.1 Å². The second-order valence-electron chi connectivity index (χ2n) is 3.80. The molecule has 0 aliphatic carbocycles. The SMILES string of the molecule is COc1cccc(C(C)(C)N=C=O)c1OC. The summed E-state index contributed by atoms with van der Waals surface area (Å²) in [5.74, 6) is 1.21. The number of rotatable bonds is 4. The van der Waals surface area contributed by atoms with E-state index in [2.05, 4.69) is 4.99 Å². The molecule has 1 aromatic rings. The number of para-hydroxylation sites is 1. The average Bonchev–Trinajstić information content (AvgIpc) is 2.27. The molecule has 0 aliphatic rings. The van der Waals surface area contributed by atoms with E-state index >= 15 is 0 Å². The lowest BCUT2D eigenvalue weighted by Crippen LogP contribution is -2.15. The van der Waals surface area contributed by atoms with Gasteiger partial charge in [-0.2, -0.15) is 4.99 Å². The molecule has 16 heavy (non-hydrogen) atoms. The summed E-state index contributed by atoms with van der Waals surface area (Å²) in [6, 6.07) is 5.48. The quantitative estimate of drug-likeness (QED) is 0.579. The fourth-order valence-electron chi connectivity index (χ4n) is 1.54. The van der Waals surface area contributed by atoms with Crippen LogP contribution >= 0.6 is 0 Å². The van der Waals surface area contributed by atoms with E-state index in [1.54, 1.807) is 26.4 Å². The summed E-state index contributed by atoms with van der Waals surface area (Å²) in [5.41, 5.74) is 0.111. The van der Waals surface area contributed by atoms with Crippen molar-refractivity contribution in [1.29, 1.82) is 0 Å². The molecule has 0 N–H and O–H groups in total. The molecule has 1 aromatic carbocycles. The Morgan fingerprint density at radius 3 is 2.44 bits per heavy atom. The molecule has 0 atom stereocenters. The molecule has 0 amide bonds. The molecular weight excluding hydrogens is 206 g/mol. The molecular formula is C12H15NO3. The van der Waals surface area contributed by atoms with Gasteiger partial charge in [0, 0.05) is 5.56 Å². The van der Waals surface area contributed by atoms with Crippen LogP contribution in [0.4, 0.5) is 0 Å². The van der Waals surface area contributed by atoms with Gasteiger partial charge in [-0.3, -0.25) is 0 Å². The van der Waals surface area contributed by atoms with Crippen molar-refractivity contribution in [2.45, 2.75) is 19.4 Å². The number of benzene rings is 1. The number of carbonyl (C=O) groups excluding carboxylic acids is 1. The summed E-state index contributed by atoms with van der Waals surface area (Å²) < 4.78 is 10.5. The van der Waals surface area contributed by atoms with Crippen LogP contribution in [0.3, 0.4) is 0 Å². The van der Waals surface area contributed by atoms with Crippen LogP contribution in [0.2, 0.25) is 0 Å². The lowest BCUT2D eigenvalue weighted by Gasteiger charge is -2.22. The van der Waals surface area contributed by atoms with E-state index in [4.69, 9.17) is 9.47 Å². The van der Waals surface area contributed by atoms with Crippen molar-refractivity contribution >= 4 is 6.08 Å². The predicted octanol–water partition coefficient (Wildman–Crippen LogP) is 2.27. The fraction of sp³-hybridized carbons (Fsp3) is 0.417. The minimum atomic E-state index is -0.679. The van der Waals surface area contributed by atoms with Crippen LogP contribution in [0.15, 0.2) is 23.2 Å². The van der Waals surface area contributed by atoms with Gasteiger partial charge in [0.15, 0.2) is 11.5 Å². The van der Waals surface area contributed by atoms with Gasteiger partial charge in [0.05, 0.1) is 19.8 Å². The van der Waals surface area contributed by atoms with Crippen molar-refractivity contribution in [3.05, 3.63) is 23.8 Å². The molecule has 0 heterocycles. The van der Waals surface area contributed by atoms with Crippen LogP contribution in [-0.2, 0) is 10.3 Å². The Labute approximate surface area is 94.9 Å². The molecule has 0 spiro atoms. The lowest BCUT2D eigenvalue weighted by molar-refractivity contribution is 0.344. The average molecular weight is 221 g/mol. The van der Waals surface area contributed by atoms with Crippen molar-refractivity contribution in [3.8, 4) is 11.5 Å². The Bertz CT molecular complexity index is 420. The molecule has 0 aromatic heterocycles. The molecule has 1 rings (SSSR count). The van der Waals surface area contributed by atoms with Crippen molar-refractivity contribution < 1.29 is 14.3 Å². The Hall–Kier alpha value is -1.80. The van der Waals surface area contributed by atoms with Gasteiger partial charge in [0.25, 0.3) is 0 Å². The first kappa shape index (κ1) is 12.3. The first-order chi connectivity index (χ1) is 7.56. The molecule has 0 bridgehead atoms. The van der Waals surface area contributed by atoms with Crippen LogP contribution in [0.1, 0.15) is 19.4 Å². The third-order valence-electron chi connectivity index (χ3n) is 2.39. The van der Waals surface area contributed by atoms with E-state index in [1.165, 1.54) is 0 Å². The van der Waals surface area contributed by atoms with Crippen molar-refractivity contribution in [1.82, 2.24) is 0 Å². The van der Waals surface area contributed by atoms with Crippen molar-refractivity contribution in [2.75, 3.05) is 14.2 Å². The zero-order valence-electron chi connectivity index (χ0n) is 9.90. The highest BCUT2D eigenvalue weighted by Gasteiger charge is 2.25. The topological polar surface area (TPSA) is 47.9 Å². The number of hydrogen-bond donors (Lipinski definition) is 0. The van der Waals surface area contributed by atoms with Gasteiger partial charge >= 0.3 is 0 Å². The van der Waals surface area contributed by atoms with Gasteiger partial charge in [-0.05, 0) is 19.9 Å². The Kier molecular flexibility index (Phi) is 3.69. The lowest BCUT2D eigenvalue weighted by atomic mass is 9.94. The van der Waals surface area contributed by atoms with Crippen LogP contribution in [-0.4, -0.2) is 20.3 Å². The molecule has 86 valence electrons. The molecule has 0 aliphatic heterocycles. The van der Waals surface area contributed by atoms with E-state index in [0.29, 0.717) is 11.5 Å². The normalized spacial score (nSPS) is 10.5. The van der Waals surface area contributed by atoms with Gasteiger partial charge in [-0.25, -0.2) is 4.79 Å². The van der Waals surface area contributed by atoms with E-state index in [-0.39, 0.29) is 0 Å². The molecule has 0 radical (unpaired) electrons. The Balaban J connectivity index is 3.38. The predicted molar refractivity (Wildman–Crippen MR) is 60.7 cm³/mol. The second-order valence-corrected chi connectivity index (χ2v) is 3.80. The highest BCUT2D eigenvalue weighted by molar-refractivity contribution is 5.51. The smallest absolute Gasteiger partial charge is 0.235 e. The summed E-state index contributed by atoms with van der Waals surface area (Å²) in [5, 5.41) is 0. The first-order valence-corrected chi connectivity index (χ1v) is 4.87. The molecule has 0 saturated carbocycles. The fourth-order valence-corrected chi connectivity index (χ4v) is 1.54. The number of nitrogens with zero attached hydrogens (tertiary/aromatic N) is 1. The van der Waals surface area contributed by atoms with Gasteiger partial charge in [0.1, 0.15) is 0 Å². The van der Waals surface area contributed by atoms with E-state index in [0.717, 1.165) is 5.56 Å². The third kappa shape index (κ3) is 2.23. The maximum absolute atomic E-state index is 10.4. The monoisotopic (exact) mass is 221 g/mol.